The van der Waals surface area contributed by atoms with E-state index in [1.54, 1.807) is 31.2 Å². The highest BCUT2D eigenvalue weighted by atomic mass is 32.2. The zero-order chi connectivity index (χ0) is 12.2. The van der Waals surface area contributed by atoms with Gasteiger partial charge in [-0.15, -0.1) is 6.58 Å². The molecule has 0 saturated carbocycles. The van der Waals surface area contributed by atoms with E-state index in [9.17, 15) is 8.42 Å². The Labute approximate surface area is 96.2 Å². The number of sulfonamides is 1. The quantitative estimate of drug-likeness (QED) is 0.601. The maximum atomic E-state index is 11.7. The van der Waals surface area contributed by atoms with Gasteiger partial charge in [0.1, 0.15) is 0 Å². The van der Waals surface area contributed by atoms with Gasteiger partial charge in [-0.05, 0) is 24.6 Å². The van der Waals surface area contributed by atoms with Gasteiger partial charge < -0.3 is 5.73 Å². The normalized spacial score (nSPS) is 13.3. The number of nitrogens with two attached hydrogens (primary N) is 1. The van der Waals surface area contributed by atoms with Gasteiger partial charge in [0, 0.05) is 11.7 Å². The predicted molar refractivity (Wildman–Crippen MR) is 66.3 cm³/mol. The van der Waals surface area contributed by atoms with Crippen LogP contribution >= 0.6 is 0 Å². The topological polar surface area (TPSA) is 72.2 Å². The lowest BCUT2D eigenvalue weighted by atomic mass is 10.2. The molecular formula is C11H16N2O2S. The summed E-state index contributed by atoms with van der Waals surface area (Å²) in [7, 11) is -3.34. The lowest BCUT2D eigenvalue weighted by Gasteiger charge is -2.10. The molecule has 0 radical (unpaired) electrons. The van der Waals surface area contributed by atoms with E-state index in [0.717, 1.165) is 0 Å². The molecule has 0 heterocycles. The molecule has 1 aromatic carbocycles. The second kappa shape index (κ2) is 5.14. The van der Waals surface area contributed by atoms with E-state index < -0.39 is 10.0 Å². The molecular weight excluding hydrogens is 224 g/mol. The Hall–Kier alpha value is -1.33. The molecule has 0 aliphatic rings. The van der Waals surface area contributed by atoms with Gasteiger partial charge >= 0.3 is 0 Å². The van der Waals surface area contributed by atoms with Gasteiger partial charge in [-0.25, -0.2) is 13.1 Å². The molecule has 0 amide bonds. The Kier molecular flexibility index (Phi) is 4.09. The highest BCUT2D eigenvalue weighted by molar-refractivity contribution is 7.88. The zero-order valence-electron chi connectivity index (χ0n) is 9.18. The summed E-state index contributed by atoms with van der Waals surface area (Å²) in [6, 6.07) is 6.56. The standard InChI is InChI=1S/C11H16N2O2S/c1-3-9(2)13-16(14,15)8-10-5-4-6-11(12)7-10/h3-7,9,13H,1,8,12H2,2H3. The summed E-state index contributed by atoms with van der Waals surface area (Å²) in [4.78, 5) is 0. The number of anilines is 1. The summed E-state index contributed by atoms with van der Waals surface area (Å²) in [6.45, 7) is 5.25. The molecule has 0 aromatic heterocycles. The number of rotatable bonds is 5. The first-order valence-corrected chi connectivity index (χ1v) is 6.55. The van der Waals surface area contributed by atoms with E-state index in [2.05, 4.69) is 11.3 Å². The molecule has 1 rings (SSSR count). The van der Waals surface area contributed by atoms with Gasteiger partial charge in [-0.1, -0.05) is 18.2 Å². The van der Waals surface area contributed by atoms with Gasteiger partial charge in [0.15, 0.2) is 0 Å². The van der Waals surface area contributed by atoms with Crippen LogP contribution < -0.4 is 10.5 Å². The predicted octanol–water partition coefficient (Wildman–Crippen LogP) is 1.26. The molecule has 4 nitrogen and oxygen atoms in total. The Balaban J connectivity index is 2.77. The van der Waals surface area contributed by atoms with Crippen LogP contribution in [0.1, 0.15) is 12.5 Å². The van der Waals surface area contributed by atoms with Crippen molar-refractivity contribution in [2.45, 2.75) is 18.7 Å². The first-order valence-electron chi connectivity index (χ1n) is 4.90. The molecule has 0 bridgehead atoms. The van der Waals surface area contributed by atoms with Crippen LogP contribution in [0.4, 0.5) is 5.69 Å². The van der Waals surface area contributed by atoms with Gasteiger partial charge in [0.25, 0.3) is 0 Å². The smallest absolute Gasteiger partial charge is 0.216 e. The van der Waals surface area contributed by atoms with Crippen LogP contribution in [-0.4, -0.2) is 14.5 Å². The van der Waals surface area contributed by atoms with Crippen LogP contribution in [-0.2, 0) is 15.8 Å². The van der Waals surface area contributed by atoms with Crippen LogP contribution in [0, 0.1) is 0 Å². The monoisotopic (exact) mass is 240 g/mol. The Morgan fingerprint density at radius 2 is 2.25 bits per heavy atom. The Bertz CT molecular complexity index is 469. The van der Waals surface area contributed by atoms with Crippen molar-refractivity contribution in [2.24, 2.45) is 0 Å². The van der Waals surface area contributed by atoms with E-state index in [1.165, 1.54) is 6.08 Å². The molecule has 1 aromatic rings. The van der Waals surface area contributed by atoms with E-state index in [0.29, 0.717) is 11.3 Å². The molecule has 16 heavy (non-hydrogen) atoms. The first kappa shape index (κ1) is 12.7. The highest BCUT2D eigenvalue weighted by Crippen LogP contribution is 2.09. The number of nitrogen functional groups attached to an aromatic ring is 1. The minimum absolute atomic E-state index is 0.0732. The third-order valence-corrected chi connectivity index (χ3v) is 3.47. The summed E-state index contributed by atoms with van der Waals surface area (Å²) < 4.78 is 25.8. The van der Waals surface area contributed by atoms with Crippen LogP contribution in [0.5, 0.6) is 0 Å². The molecule has 88 valence electrons. The fourth-order valence-electron chi connectivity index (χ4n) is 1.28. The molecule has 0 saturated heterocycles. The third-order valence-electron chi connectivity index (χ3n) is 2.03. The molecule has 0 aliphatic carbocycles. The third kappa shape index (κ3) is 4.04. The van der Waals surface area contributed by atoms with Crippen LogP contribution in [0.25, 0.3) is 0 Å². The van der Waals surface area contributed by atoms with Gasteiger partial charge in [-0.3, -0.25) is 0 Å². The van der Waals surface area contributed by atoms with Crippen molar-refractivity contribution in [1.29, 1.82) is 0 Å². The van der Waals surface area contributed by atoms with Crippen molar-refractivity contribution in [3.05, 3.63) is 42.5 Å². The number of hydrogen-bond donors (Lipinski definition) is 2. The molecule has 5 heteroatoms. The molecule has 0 aliphatic heterocycles. The summed E-state index contributed by atoms with van der Waals surface area (Å²) in [6.07, 6.45) is 1.54. The van der Waals surface area contributed by atoms with Crippen molar-refractivity contribution in [2.75, 3.05) is 5.73 Å². The van der Waals surface area contributed by atoms with Crippen LogP contribution in [0.15, 0.2) is 36.9 Å². The van der Waals surface area contributed by atoms with Crippen LogP contribution in [0.2, 0.25) is 0 Å². The Morgan fingerprint density at radius 3 is 2.81 bits per heavy atom. The van der Waals surface area contributed by atoms with E-state index in [-0.39, 0.29) is 11.8 Å². The SMILES string of the molecule is C=CC(C)NS(=O)(=O)Cc1cccc(N)c1. The van der Waals surface area contributed by atoms with Crippen molar-refractivity contribution >= 4 is 15.7 Å². The highest BCUT2D eigenvalue weighted by Gasteiger charge is 2.13. The van der Waals surface area contributed by atoms with E-state index in [4.69, 9.17) is 5.73 Å². The van der Waals surface area contributed by atoms with Gasteiger partial charge in [0.05, 0.1) is 5.75 Å². The summed E-state index contributed by atoms with van der Waals surface area (Å²) in [5.41, 5.74) is 6.80. The number of nitrogens with one attached hydrogen (secondary N) is 1. The Morgan fingerprint density at radius 1 is 1.56 bits per heavy atom. The van der Waals surface area contributed by atoms with Crippen molar-refractivity contribution < 1.29 is 8.42 Å². The largest absolute Gasteiger partial charge is 0.399 e. The summed E-state index contributed by atoms with van der Waals surface area (Å²) in [5.74, 6) is -0.0732. The second-order valence-electron chi connectivity index (χ2n) is 3.65. The van der Waals surface area contributed by atoms with Crippen molar-refractivity contribution in [3.63, 3.8) is 0 Å². The van der Waals surface area contributed by atoms with E-state index >= 15 is 0 Å². The fraction of sp³-hybridized carbons (Fsp3) is 0.273. The maximum Gasteiger partial charge on any atom is 0.216 e. The van der Waals surface area contributed by atoms with Crippen LogP contribution in [0.3, 0.4) is 0 Å². The minimum Gasteiger partial charge on any atom is -0.399 e. The average molecular weight is 240 g/mol. The van der Waals surface area contributed by atoms with Gasteiger partial charge in [-0.2, -0.15) is 0 Å². The van der Waals surface area contributed by atoms with Crippen molar-refractivity contribution in [1.82, 2.24) is 4.72 Å². The molecule has 0 fully saturated rings. The molecule has 1 atom stereocenters. The second-order valence-corrected chi connectivity index (χ2v) is 5.40. The summed E-state index contributed by atoms with van der Waals surface area (Å²) >= 11 is 0. The minimum atomic E-state index is -3.34. The lowest BCUT2D eigenvalue weighted by Crippen LogP contribution is -2.32. The maximum absolute atomic E-state index is 11.7. The average Bonchev–Trinajstić information content (AvgIpc) is 2.15. The molecule has 3 N–H and O–H groups in total. The molecule has 0 spiro atoms. The first-order chi connectivity index (χ1) is 7.43. The fourth-order valence-corrected chi connectivity index (χ4v) is 2.64. The van der Waals surface area contributed by atoms with Gasteiger partial charge in [0.2, 0.25) is 10.0 Å². The zero-order valence-corrected chi connectivity index (χ0v) is 10.00. The number of benzene rings is 1. The number of hydrogen-bond acceptors (Lipinski definition) is 3. The molecule has 1 unspecified atom stereocenters. The lowest BCUT2D eigenvalue weighted by molar-refractivity contribution is 0.575. The van der Waals surface area contributed by atoms with Crippen molar-refractivity contribution in [3.8, 4) is 0 Å². The summed E-state index contributed by atoms with van der Waals surface area (Å²) in [5, 5.41) is 0. The van der Waals surface area contributed by atoms with E-state index in [1.807, 2.05) is 0 Å².